The Morgan fingerprint density at radius 2 is 2.21 bits per heavy atom. The summed E-state index contributed by atoms with van der Waals surface area (Å²) in [7, 11) is 2.09. The standard InChI is InChI=1S/C13H17Cl2N3O/c1-8-7-18(2)6-5-10(8)16-13(19)12-9(14)3-4-11(15)17-12/h3-4,8,10H,5-7H2,1-2H3,(H,16,19). The fraction of sp³-hybridized carbons (Fsp3) is 0.538. The molecule has 0 aliphatic carbocycles. The largest absolute Gasteiger partial charge is 0.348 e. The molecule has 6 heteroatoms. The van der Waals surface area contributed by atoms with E-state index in [9.17, 15) is 4.79 Å². The summed E-state index contributed by atoms with van der Waals surface area (Å²) in [4.78, 5) is 18.4. The second kappa shape index (κ2) is 6.07. The van der Waals surface area contributed by atoms with Gasteiger partial charge in [-0.05, 0) is 38.1 Å². The molecule has 2 unspecified atom stereocenters. The van der Waals surface area contributed by atoms with E-state index in [0.717, 1.165) is 19.5 Å². The number of nitrogens with one attached hydrogen (secondary N) is 1. The molecule has 2 heterocycles. The van der Waals surface area contributed by atoms with Crippen molar-refractivity contribution in [2.45, 2.75) is 19.4 Å². The summed E-state index contributed by atoms with van der Waals surface area (Å²) in [5, 5.41) is 3.59. The summed E-state index contributed by atoms with van der Waals surface area (Å²) in [6, 6.07) is 3.31. The van der Waals surface area contributed by atoms with E-state index < -0.39 is 0 Å². The molecule has 4 nitrogen and oxygen atoms in total. The Bertz CT molecular complexity index is 481. The monoisotopic (exact) mass is 301 g/mol. The van der Waals surface area contributed by atoms with E-state index in [1.165, 1.54) is 0 Å². The minimum atomic E-state index is -0.256. The van der Waals surface area contributed by atoms with Crippen molar-refractivity contribution in [3.63, 3.8) is 0 Å². The zero-order valence-corrected chi connectivity index (χ0v) is 12.5. The lowest BCUT2D eigenvalue weighted by Crippen LogP contribution is -2.49. The molecule has 1 saturated heterocycles. The number of carbonyl (C=O) groups excluding carboxylic acids is 1. The lowest BCUT2D eigenvalue weighted by atomic mass is 9.94. The SMILES string of the molecule is CC1CN(C)CCC1NC(=O)c1nc(Cl)ccc1Cl. The second-order valence-corrected chi connectivity index (χ2v) is 5.87. The number of hydrogen-bond acceptors (Lipinski definition) is 3. The molecule has 1 aromatic rings. The average Bonchev–Trinajstić information content (AvgIpc) is 2.35. The molecule has 2 atom stereocenters. The fourth-order valence-electron chi connectivity index (χ4n) is 2.38. The number of rotatable bonds is 2. The maximum atomic E-state index is 12.2. The van der Waals surface area contributed by atoms with Crippen LogP contribution in [0.25, 0.3) is 0 Å². The lowest BCUT2D eigenvalue weighted by Gasteiger charge is -2.35. The van der Waals surface area contributed by atoms with Gasteiger partial charge in [-0.1, -0.05) is 30.1 Å². The quantitative estimate of drug-likeness (QED) is 0.854. The number of pyridine rings is 1. The molecule has 1 aliphatic heterocycles. The summed E-state index contributed by atoms with van der Waals surface area (Å²) in [6.45, 7) is 4.08. The van der Waals surface area contributed by atoms with Gasteiger partial charge in [0.1, 0.15) is 10.8 Å². The Morgan fingerprint density at radius 3 is 2.89 bits per heavy atom. The van der Waals surface area contributed by atoms with Crippen molar-refractivity contribution in [3.8, 4) is 0 Å². The summed E-state index contributed by atoms with van der Waals surface area (Å²) >= 11 is 11.8. The van der Waals surface area contributed by atoms with E-state index in [1.54, 1.807) is 12.1 Å². The van der Waals surface area contributed by atoms with Crippen LogP contribution in [0.4, 0.5) is 0 Å². The highest BCUT2D eigenvalue weighted by Gasteiger charge is 2.26. The van der Waals surface area contributed by atoms with Crippen LogP contribution >= 0.6 is 23.2 Å². The van der Waals surface area contributed by atoms with Gasteiger partial charge in [0, 0.05) is 12.6 Å². The third-order valence-corrected chi connectivity index (χ3v) is 3.97. The molecule has 1 aromatic heterocycles. The summed E-state index contributed by atoms with van der Waals surface area (Å²) < 4.78 is 0. The highest BCUT2D eigenvalue weighted by molar-refractivity contribution is 6.34. The van der Waals surface area contributed by atoms with Gasteiger partial charge in [0.25, 0.3) is 5.91 Å². The van der Waals surface area contributed by atoms with Gasteiger partial charge in [0.2, 0.25) is 0 Å². The molecular weight excluding hydrogens is 285 g/mol. The first-order valence-electron chi connectivity index (χ1n) is 6.29. The molecule has 1 aliphatic rings. The maximum Gasteiger partial charge on any atom is 0.271 e. The topological polar surface area (TPSA) is 45.2 Å². The third-order valence-electron chi connectivity index (χ3n) is 3.45. The van der Waals surface area contributed by atoms with Crippen LogP contribution in [-0.4, -0.2) is 42.0 Å². The van der Waals surface area contributed by atoms with E-state index in [4.69, 9.17) is 23.2 Å². The van der Waals surface area contributed by atoms with Crippen molar-refractivity contribution >= 4 is 29.1 Å². The van der Waals surface area contributed by atoms with Gasteiger partial charge in [-0.2, -0.15) is 0 Å². The van der Waals surface area contributed by atoms with Crippen molar-refractivity contribution < 1.29 is 4.79 Å². The third kappa shape index (κ3) is 3.59. The van der Waals surface area contributed by atoms with Crippen molar-refractivity contribution in [1.82, 2.24) is 15.2 Å². The van der Waals surface area contributed by atoms with Crippen molar-refractivity contribution in [2.24, 2.45) is 5.92 Å². The molecule has 1 N–H and O–H groups in total. The van der Waals surface area contributed by atoms with Gasteiger partial charge >= 0.3 is 0 Å². The molecule has 0 saturated carbocycles. The van der Waals surface area contributed by atoms with Gasteiger partial charge < -0.3 is 10.2 Å². The molecule has 1 amide bonds. The van der Waals surface area contributed by atoms with Crippen molar-refractivity contribution in [3.05, 3.63) is 28.0 Å². The number of hydrogen-bond donors (Lipinski definition) is 1. The average molecular weight is 302 g/mol. The zero-order valence-electron chi connectivity index (χ0n) is 11.0. The van der Waals surface area contributed by atoms with Crippen LogP contribution in [0.2, 0.25) is 10.2 Å². The first-order chi connectivity index (χ1) is 8.97. The highest BCUT2D eigenvalue weighted by Crippen LogP contribution is 2.19. The number of aromatic nitrogens is 1. The predicted molar refractivity (Wildman–Crippen MR) is 76.8 cm³/mol. The maximum absolute atomic E-state index is 12.2. The van der Waals surface area contributed by atoms with E-state index >= 15 is 0 Å². The van der Waals surface area contributed by atoms with E-state index in [0.29, 0.717) is 10.9 Å². The van der Waals surface area contributed by atoms with Crippen LogP contribution in [0.3, 0.4) is 0 Å². The molecular formula is C13H17Cl2N3O. The van der Waals surface area contributed by atoms with Gasteiger partial charge in [-0.3, -0.25) is 4.79 Å². The Hall–Kier alpha value is -0.840. The lowest BCUT2D eigenvalue weighted by molar-refractivity contribution is 0.0879. The van der Waals surface area contributed by atoms with Crippen LogP contribution in [0, 0.1) is 5.92 Å². The minimum Gasteiger partial charge on any atom is -0.348 e. The molecule has 0 bridgehead atoms. The smallest absolute Gasteiger partial charge is 0.271 e. The zero-order chi connectivity index (χ0) is 14.0. The van der Waals surface area contributed by atoms with Gasteiger partial charge in [0.05, 0.1) is 5.02 Å². The fourth-order valence-corrected chi connectivity index (χ4v) is 2.72. The molecule has 0 aromatic carbocycles. The predicted octanol–water partition coefficient (Wildman–Crippen LogP) is 2.46. The number of halogens is 2. The summed E-state index contributed by atoms with van der Waals surface area (Å²) in [5.74, 6) is 0.148. The van der Waals surface area contributed by atoms with Crippen LogP contribution in [-0.2, 0) is 0 Å². The van der Waals surface area contributed by atoms with Crippen LogP contribution in [0.15, 0.2) is 12.1 Å². The van der Waals surface area contributed by atoms with Gasteiger partial charge in [-0.15, -0.1) is 0 Å². The van der Waals surface area contributed by atoms with Gasteiger partial charge in [0.15, 0.2) is 0 Å². The normalized spacial score (nSPS) is 24.2. The summed E-state index contributed by atoms with van der Waals surface area (Å²) in [6.07, 6.45) is 0.932. The Labute approximate surface area is 123 Å². The van der Waals surface area contributed by atoms with Gasteiger partial charge in [-0.25, -0.2) is 4.98 Å². The number of amides is 1. The summed E-state index contributed by atoms with van der Waals surface area (Å²) in [5.41, 5.74) is 0.195. The number of likely N-dealkylation sites (tertiary alicyclic amines) is 1. The van der Waals surface area contributed by atoms with Crippen LogP contribution in [0.1, 0.15) is 23.8 Å². The van der Waals surface area contributed by atoms with Crippen molar-refractivity contribution in [1.29, 1.82) is 0 Å². The highest BCUT2D eigenvalue weighted by atomic mass is 35.5. The molecule has 1 fully saturated rings. The van der Waals surface area contributed by atoms with Crippen molar-refractivity contribution in [2.75, 3.05) is 20.1 Å². The Kier molecular flexibility index (Phi) is 4.66. The molecule has 0 spiro atoms. The Balaban J connectivity index is 2.06. The first-order valence-corrected chi connectivity index (χ1v) is 7.04. The van der Waals surface area contributed by atoms with E-state index in [1.807, 2.05) is 0 Å². The molecule has 2 rings (SSSR count). The number of nitrogens with zero attached hydrogens (tertiary/aromatic N) is 2. The van der Waals surface area contributed by atoms with Crippen LogP contribution < -0.4 is 5.32 Å². The second-order valence-electron chi connectivity index (χ2n) is 5.07. The minimum absolute atomic E-state index is 0.153. The molecule has 104 valence electrons. The van der Waals surface area contributed by atoms with E-state index in [2.05, 4.69) is 29.2 Å². The Morgan fingerprint density at radius 1 is 1.47 bits per heavy atom. The number of piperidine rings is 1. The molecule has 19 heavy (non-hydrogen) atoms. The molecule has 0 radical (unpaired) electrons. The van der Waals surface area contributed by atoms with E-state index in [-0.39, 0.29) is 22.8 Å². The number of carbonyl (C=O) groups is 1. The first kappa shape index (κ1) is 14.6. The van der Waals surface area contributed by atoms with Crippen LogP contribution in [0.5, 0.6) is 0 Å².